The number of likely N-dealkylation sites (N-methyl/N-ethyl adjacent to an activating group) is 1. The number of rotatable bonds is 6. The molecular formula is C20H29N5O2. The Hall–Kier alpha value is -2.28. The van der Waals surface area contributed by atoms with Crippen LogP contribution in [0.15, 0.2) is 6.07 Å². The van der Waals surface area contributed by atoms with Crippen LogP contribution >= 0.6 is 0 Å². The molecule has 0 unspecified atom stereocenters. The first-order valence-electron chi connectivity index (χ1n) is 9.62. The maximum atomic E-state index is 12.9. The third kappa shape index (κ3) is 4.35. The first kappa shape index (κ1) is 19.5. The van der Waals surface area contributed by atoms with E-state index in [1.807, 2.05) is 45.6 Å². The minimum Gasteiger partial charge on any atom is -0.381 e. The normalized spacial score (nSPS) is 16.7. The highest BCUT2D eigenvalue weighted by atomic mass is 16.5. The van der Waals surface area contributed by atoms with Gasteiger partial charge in [0, 0.05) is 48.3 Å². The first-order chi connectivity index (χ1) is 12.9. The molecule has 0 N–H and O–H groups in total. The number of amides is 1. The number of carbonyl (C=O) groups is 1. The molecule has 1 fully saturated rings. The van der Waals surface area contributed by atoms with Gasteiger partial charge in [-0.1, -0.05) is 0 Å². The van der Waals surface area contributed by atoms with Crippen molar-refractivity contribution in [2.45, 2.75) is 47.5 Å². The van der Waals surface area contributed by atoms with E-state index < -0.39 is 0 Å². The molecule has 2 aromatic rings. The van der Waals surface area contributed by atoms with E-state index >= 15 is 0 Å². The van der Waals surface area contributed by atoms with E-state index in [1.54, 1.807) is 4.68 Å². The molecule has 1 atom stereocenters. The van der Waals surface area contributed by atoms with Gasteiger partial charge in [-0.05, 0) is 47.1 Å². The Kier molecular flexibility index (Phi) is 5.89. The van der Waals surface area contributed by atoms with Crippen LogP contribution in [-0.2, 0) is 16.0 Å². The van der Waals surface area contributed by atoms with Crippen molar-refractivity contribution in [2.75, 3.05) is 26.3 Å². The summed E-state index contributed by atoms with van der Waals surface area (Å²) in [6, 6.07) is 1.94. The smallest absolute Gasteiger partial charge is 0.251 e. The van der Waals surface area contributed by atoms with E-state index in [9.17, 15) is 4.79 Å². The minimum absolute atomic E-state index is 0.136. The fourth-order valence-corrected chi connectivity index (χ4v) is 3.64. The van der Waals surface area contributed by atoms with Gasteiger partial charge in [0.2, 0.25) is 5.91 Å². The number of hydrogen-bond acceptors (Lipinski definition) is 5. The molecule has 7 heteroatoms. The predicted octanol–water partition coefficient (Wildman–Crippen LogP) is 2.32. The molecule has 0 radical (unpaired) electrons. The summed E-state index contributed by atoms with van der Waals surface area (Å²) in [5.41, 5.74) is 4.54. The van der Waals surface area contributed by atoms with Crippen molar-refractivity contribution < 1.29 is 9.53 Å². The van der Waals surface area contributed by atoms with Gasteiger partial charge in [-0.15, -0.1) is 0 Å². The second-order valence-corrected chi connectivity index (χ2v) is 7.35. The Morgan fingerprint density at radius 2 is 1.96 bits per heavy atom. The van der Waals surface area contributed by atoms with E-state index in [0.29, 0.717) is 24.8 Å². The Balaban J connectivity index is 1.80. The molecule has 1 saturated heterocycles. The number of aromatic nitrogens is 4. The quantitative estimate of drug-likeness (QED) is 0.779. The van der Waals surface area contributed by atoms with E-state index in [2.05, 4.69) is 15.1 Å². The Morgan fingerprint density at radius 1 is 1.26 bits per heavy atom. The molecular weight excluding hydrogens is 342 g/mol. The summed E-state index contributed by atoms with van der Waals surface area (Å²) in [7, 11) is 0. The zero-order valence-electron chi connectivity index (χ0n) is 16.9. The van der Waals surface area contributed by atoms with E-state index in [1.165, 1.54) is 0 Å². The van der Waals surface area contributed by atoms with Gasteiger partial charge in [0.15, 0.2) is 0 Å². The van der Waals surface area contributed by atoms with Gasteiger partial charge in [-0.25, -0.2) is 14.6 Å². The molecule has 1 amide bonds. The van der Waals surface area contributed by atoms with Crippen molar-refractivity contribution >= 4 is 5.91 Å². The second kappa shape index (κ2) is 8.17. The third-order valence-electron chi connectivity index (χ3n) is 5.17. The highest BCUT2D eigenvalue weighted by Crippen LogP contribution is 2.19. The van der Waals surface area contributed by atoms with Crippen molar-refractivity contribution in [1.82, 2.24) is 24.6 Å². The summed E-state index contributed by atoms with van der Waals surface area (Å²) in [6.07, 6.45) is 1.38. The molecule has 27 heavy (non-hydrogen) atoms. The summed E-state index contributed by atoms with van der Waals surface area (Å²) >= 11 is 0. The van der Waals surface area contributed by atoms with Crippen LogP contribution in [0.4, 0.5) is 0 Å². The predicted molar refractivity (Wildman–Crippen MR) is 103 cm³/mol. The van der Waals surface area contributed by atoms with Crippen molar-refractivity contribution in [3.63, 3.8) is 0 Å². The molecule has 7 nitrogen and oxygen atoms in total. The van der Waals surface area contributed by atoms with Crippen LogP contribution in [0.5, 0.6) is 0 Å². The lowest BCUT2D eigenvalue weighted by Crippen LogP contribution is -2.36. The average molecular weight is 371 g/mol. The monoisotopic (exact) mass is 371 g/mol. The molecule has 2 aromatic heterocycles. The van der Waals surface area contributed by atoms with Crippen molar-refractivity contribution in [1.29, 1.82) is 0 Å². The molecule has 0 spiro atoms. The average Bonchev–Trinajstić information content (AvgIpc) is 3.22. The lowest BCUT2D eigenvalue weighted by molar-refractivity contribution is -0.130. The van der Waals surface area contributed by atoms with Gasteiger partial charge in [0.25, 0.3) is 5.95 Å². The summed E-state index contributed by atoms with van der Waals surface area (Å²) < 4.78 is 7.19. The maximum absolute atomic E-state index is 12.9. The molecule has 146 valence electrons. The summed E-state index contributed by atoms with van der Waals surface area (Å²) in [4.78, 5) is 23.8. The molecule has 1 aliphatic rings. The van der Waals surface area contributed by atoms with Crippen molar-refractivity contribution in [2.24, 2.45) is 5.92 Å². The van der Waals surface area contributed by atoms with Crippen LogP contribution in [0.3, 0.4) is 0 Å². The SMILES string of the molecule is CCN(C[C@H]1CCOC1)C(=O)Cc1c(C)nn(-c2nc(C)cc(C)n2)c1C. The number of hydrogen-bond donors (Lipinski definition) is 0. The van der Waals surface area contributed by atoms with Gasteiger partial charge in [-0.3, -0.25) is 4.79 Å². The Morgan fingerprint density at radius 3 is 2.56 bits per heavy atom. The summed E-state index contributed by atoms with van der Waals surface area (Å²) in [6.45, 7) is 12.9. The van der Waals surface area contributed by atoms with Gasteiger partial charge < -0.3 is 9.64 Å². The fourth-order valence-electron chi connectivity index (χ4n) is 3.64. The maximum Gasteiger partial charge on any atom is 0.251 e. The van der Waals surface area contributed by atoms with Gasteiger partial charge in [0.1, 0.15) is 0 Å². The number of carbonyl (C=O) groups excluding carboxylic acids is 1. The molecule has 1 aliphatic heterocycles. The second-order valence-electron chi connectivity index (χ2n) is 7.35. The van der Waals surface area contributed by atoms with E-state index in [4.69, 9.17) is 4.74 Å². The molecule has 0 aromatic carbocycles. The van der Waals surface area contributed by atoms with Gasteiger partial charge >= 0.3 is 0 Å². The van der Waals surface area contributed by atoms with Crippen LogP contribution in [0.1, 0.15) is 41.7 Å². The number of ether oxygens (including phenoxy) is 1. The Bertz CT molecular complexity index is 804. The standard InChI is InChI=1S/C20H29N5O2/c1-6-24(11-17-7-8-27-12-17)19(26)10-18-15(4)23-25(16(18)5)20-21-13(2)9-14(3)22-20/h9,17H,6-8,10-12H2,1-5H3/t17-/m1/s1. The summed E-state index contributed by atoms with van der Waals surface area (Å²) in [5, 5.41) is 4.61. The highest BCUT2D eigenvalue weighted by Gasteiger charge is 2.24. The van der Waals surface area contributed by atoms with Crippen molar-refractivity contribution in [3.8, 4) is 5.95 Å². The van der Waals surface area contributed by atoms with Crippen LogP contribution < -0.4 is 0 Å². The van der Waals surface area contributed by atoms with E-state index in [-0.39, 0.29) is 5.91 Å². The molecule has 0 aliphatic carbocycles. The van der Waals surface area contributed by atoms with Crippen LogP contribution in [-0.4, -0.2) is 56.9 Å². The van der Waals surface area contributed by atoms with Crippen LogP contribution in [0.2, 0.25) is 0 Å². The van der Waals surface area contributed by atoms with Crippen LogP contribution in [0.25, 0.3) is 5.95 Å². The van der Waals surface area contributed by atoms with Gasteiger partial charge in [0.05, 0.1) is 18.7 Å². The van der Waals surface area contributed by atoms with Gasteiger partial charge in [-0.2, -0.15) is 5.10 Å². The zero-order chi connectivity index (χ0) is 19.6. The largest absolute Gasteiger partial charge is 0.381 e. The molecule has 3 heterocycles. The highest BCUT2D eigenvalue weighted by molar-refractivity contribution is 5.79. The summed E-state index contributed by atoms with van der Waals surface area (Å²) in [5.74, 6) is 1.14. The topological polar surface area (TPSA) is 73.1 Å². The zero-order valence-corrected chi connectivity index (χ0v) is 16.9. The molecule has 0 bridgehead atoms. The fraction of sp³-hybridized carbons (Fsp3) is 0.600. The Labute approximate surface area is 160 Å². The lowest BCUT2D eigenvalue weighted by atomic mass is 10.1. The number of aryl methyl sites for hydroxylation is 3. The minimum atomic E-state index is 0.136. The first-order valence-corrected chi connectivity index (χ1v) is 9.62. The lowest BCUT2D eigenvalue weighted by Gasteiger charge is -2.24. The molecule has 0 saturated carbocycles. The number of nitrogens with zero attached hydrogens (tertiary/aromatic N) is 5. The van der Waals surface area contributed by atoms with E-state index in [0.717, 1.165) is 54.5 Å². The third-order valence-corrected chi connectivity index (χ3v) is 5.17. The van der Waals surface area contributed by atoms with Crippen molar-refractivity contribution in [3.05, 3.63) is 34.4 Å². The van der Waals surface area contributed by atoms with Crippen LogP contribution in [0, 0.1) is 33.6 Å². The molecule has 3 rings (SSSR count).